The Bertz CT molecular complexity index is 595. The molecule has 0 fully saturated rings. The van der Waals surface area contributed by atoms with E-state index in [1.54, 1.807) is 13.3 Å². The van der Waals surface area contributed by atoms with Crippen LogP contribution in [0, 0.1) is 0 Å². The lowest BCUT2D eigenvalue weighted by Gasteiger charge is -2.21. The minimum atomic E-state index is 0.114. The zero-order chi connectivity index (χ0) is 15.4. The van der Waals surface area contributed by atoms with E-state index in [2.05, 4.69) is 30.3 Å². The Morgan fingerprint density at radius 2 is 2.14 bits per heavy atom. The number of halogens is 1. The van der Waals surface area contributed by atoms with Crippen LogP contribution in [0.2, 0.25) is 5.02 Å². The van der Waals surface area contributed by atoms with Crippen LogP contribution >= 0.6 is 11.6 Å². The molecule has 0 radical (unpaired) electrons. The van der Waals surface area contributed by atoms with E-state index in [-0.39, 0.29) is 12.1 Å². The third-order valence-corrected chi connectivity index (χ3v) is 3.75. The summed E-state index contributed by atoms with van der Waals surface area (Å²) in [7, 11) is 3.63. The van der Waals surface area contributed by atoms with Gasteiger partial charge in [0.25, 0.3) is 0 Å². The Morgan fingerprint density at radius 3 is 2.71 bits per heavy atom. The maximum Gasteiger partial charge on any atom is 0.161 e. The van der Waals surface area contributed by atoms with Gasteiger partial charge in [-0.2, -0.15) is 5.10 Å². The van der Waals surface area contributed by atoms with Crippen molar-refractivity contribution in [2.24, 2.45) is 0 Å². The molecule has 2 rings (SSSR count). The van der Waals surface area contributed by atoms with Gasteiger partial charge in [0.15, 0.2) is 5.75 Å². The van der Waals surface area contributed by atoms with Crippen LogP contribution in [-0.4, -0.2) is 23.9 Å². The molecule has 0 aliphatic carbocycles. The number of methoxy groups -OCH3 is 1. The molecule has 114 valence electrons. The highest BCUT2D eigenvalue weighted by Crippen LogP contribution is 2.30. The first-order chi connectivity index (χ1) is 10.1. The van der Waals surface area contributed by atoms with Crippen LogP contribution in [-0.2, 0) is 6.42 Å². The fraction of sp³-hybridized carbons (Fsp3) is 0.438. The van der Waals surface area contributed by atoms with Crippen molar-refractivity contribution in [3.63, 3.8) is 0 Å². The molecular weight excluding hydrogens is 286 g/mol. The molecule has 1 atom stereocenters. The quantitative estimate of drug-likeness (QED) is 0.886. The normalized spacial score (nSPS) is 12.7. The van der Waals surface area contributed by atoms with Gasteiger partial charge < -0.3 is 10.1 Å². The molecular formula is C16H22ClN3O. The number of aromatic nitrogens is 2. The van der Waals surface area contributed by atoms with Crippen LogP contribution in [0.5, 0.6) is 5.75 Å². The van der Waals surface area contributed by atoms with Crippen LogP contribution in [0.3, 0.4) is 0 Å². The second-order valence-corrected chi connectivity index (χ2v) is 5.75. The number of ether oxygens (including phenoxy) is 1. The van der Waals surface area contributed by atoms with Gasteiger partial charge in [0, 0.05) is 11.1 Å². The van der Waals surface area contributed by atoms with E-state index in [1.807, 2.05) is 29.9 Å². The molecule has 1 heterocycles. The molecule has 5 heteroatoms. The zero-order valence-electron chi connectivity index (χ0n) is 12.9. The van der Waals surface area contributed by atoms with Crippen LogP contribution in [0.15, 0.2) is 30.5 Å². The van der Waals surface area contributed by atoms with Gasteiger partial charge in [0.05, 0.1) is 25.0 Å². The molecule has 0 spiro atoms. The van der Waals surface area contributed by atoms with E-state index < -0.39 is 0 Å². The molecule has 1 N–H and O–H groups in total. The van der Waals surface area contributed by atoms with Gasteiger partial charge in [-0.3, -0.25) is 4.68 Å². The first-order valence-corrected chi connectivity index (χ1v) is 7.47. The number of nitrogens with zero attached hydrogens (tertiary/aromatic N) is 2. The lowest BCUT2D eigenvalue weighted by atomic mass is 10.0. The number of nitrogens with one attached hydrogen (secondary N) is 1. The summed E-state index contributed by atoms with van der Waals surface area (Å²) in [6, 6.07) is 8.33. The topological polar surface area (TPSA) is 39.1 Å². The van der Waals surface area contributed by atoms with Gasteiger partial charge in [0.1, 0.15) is 0 Å². The van der Waals surface area contributed by atoms with Gasteiger partial charge in [-0.1, -0.05) is 23.7 Å². The summed E-state index contributed by atoms with van der Waals surface area (Å²) in [6.07, 6.45) is 2.60. The van der Waals surface area contributed by atoms with Crippen molar-refractivity contribution < 1.29 is 4.74 Å². The predicted molar refractivity (Wildman–Crippen MR) is 86.1 cm³/mol. The SMILES string of the molecule is CNC(Cc1cccc(Cl)c1)c1c(OC)cnn1C(C)C. The van der Waals surface area contributed by atoms with E-state index in [9.17, 15) is 0 Å². The molecule has 0 saturated carbocycles. The third kappa shape index (κ3) is 3.57. The summed E-state index contributed by atoms with van der Waals surface area (Å²) < 4.78 is 7.48. The van der Waals surface area contributed by atoms with Gasteiger partial charge in [0.2, 0.25) is 0 Å². The fourth-order valence-electron chi connectivity index (χ4n) is 2.49. The van der Waals surface area contributed by atoms with Crippen LogP contribution in [0.4, 0.5) is 0 Å². The summed E-state index contributed by atoms with van der Waals surface area (Å²) in [4.78, 5) is 0. The second kappa shape index (κ2) is 6.96. The predicted octanol–water partition coefficient (Wildman–Crippen LogP) is 3.63. The van der Waals surface area contributed by atoms with Gasteiger partial charge in [-0.05, 0) is 45.0 Å². The molecule has 4 nitrogen and oxygen atoms in total. The number of likely N-dealkylation sites (N-methyl/N-ethyl adjacent to an activating group) is 1. The fourth-order valence-corrected chi connectivity index (χ4v) is 2.70. The molecule has 0 bridgehead atoms. The Morgan fingerprint density at radius 1 is 1.38 bits per heavy atom. The smallest absolute Gasteiger partial charge is 0.161 e. The monoisotopic (exact) mass is 307 g/mol. The number of rotatable bonds is 6. The summed E-state index contributed by atoms with van der Waals surface area (Å²) >= 11 is 6.07. The number of hydrogen-bond acceptors (Lipinski definition) is 3. The molecule has 0 aliphatic rings. The molecule has 0 saturated heterocycles. The van der Waals surface area contributed by atoms with Gasteiger partial charge >= 0.3 is 0 Å². The summed E-state index contributed by atoms with van der Waals surface area (Å²) in [5, 5.41) is 8.55. The number of benzene rings is 1. The lowest BCUT2D eigenvalue weighted by molar-refractivity contribution is 0.388. The van der Waals surface area contributed by atoms with E-state index in [0.29, 0.717) is 0 Å². The highest BCUT2D eigenvalue weighted by Gasteiger charge is 2.22. The van der Waals surface area contributed by atoms with Crippen molar-refractivity contribution in [2.45, 2.75) is 32.4 Å². The zero-order valence-corrected chi connectivity index (χ0v) is 13.7. The Kier molecular flexibility index (Phi) is 5.26. The largest absolute Gasteiger partial charge is 0.493 e. The third-order valence-electron chi connectivity index (χ3n) is 3.52. The summed E-state index contributed by atoms with van der Waals surface area (Å²) in [5.41, 5.74) is 2.25. The van der Waals surface area contributed by atoms with E-state index in [0.717, 1.165) is 22.9 Å². The molecule has 1 unspecified atom stereocenters. The first kappa shape index (κ1) is 15.9. The van der Waals surface area contributed by atoms with Crippen molar-refractivity contribution in [3.05, 3.63) is 46.7 Å². The Labute approximate surface area is 131 Å². The molecule has 21 heavy (non-hydrogen) atoms. The highest BCUT2D eigenvalue weighted by atomic mass is 35.5. The van der Waals surface area contributed by atoms with E-state index >= 15 is 0 Å². The van der Waals surface area contributed by atoms with Gasteiger partial charge in [-0.25, -0.2) is 0 Å². The highest BCUT2D eigenvalue weighted by molar-refractivity contribution is 6.30. The maximum absolute atomic E-state index is 6.07. The minimum Gasteiger partial charge on any atom is -0.493 e. The van der Waals surface area contributed by atoms with Crippen LogP contribution in [0.25, 0.3) is 0 Å². The van der Waals surface area contributed by atoms with Crippen LogP contribution in [0.1, 0.15) is 37.2 Å². The standard InChI is InChI=1S/C16H22ClN3O/c1-11(2)20-16(15(21-4)10-19-20)14(18-3)9-12-6-5-7-13(17)8-12/h5-8,10-11,14,18H,9H2,1-4H3. The van der Waals surface area contributed by atoms with Crippen molar-refractivity contribution >= 4 is 11.6 Å². The van der Waals surface area contributed by atoms with Crippen molar-refractivity contribution in [3.8, 4) is 5.75 Å². The molecule has 2 aromatic rings. The first-order valence-electron chi connectivity index (χ1n) is 7.10. The summed E-state index contributed by atoms with van der Waals surface area (Å²) in [5.74, 6) is 0.810. The molecule has 1 aromatic carbocycles. The Balaban J connectivity index is 2.35. The lowest BCUT2D eigenvalue weighted by Crippen LogP contribution is -2.24. The maximum atomic E-state index is 6.07. The molecule has 0 aliphatic heterocycles. The van der Waals surface area contributed by atoms with Crippen molar-refractivity contribution in [1.29, 1.82) is 0 Å². The van der Waals surface area contributed by atoms with Gasteiger partial charge in [-0.15, -0.1) is 0 Å². The van der Waals surface area contributed by atoms with Crippen LogP contribution < -0.4 is 10.1 Å². The minimum absolute atomic E-state index is 0.114. The average Bonchev–Trinajstić information content (AvgIpc) is 2.88. The Hall–Kier alpha value is -1.52. The van der Waals surface area contributed by atoms with E-state index in [1.165, 1.54) is 5.56 Å². The molecule has 1 aromatic heterocycles. The summed E-state index contributed by atoms with van der Waals surface area (Å²) in [6.45, 7) is 4.23. The van der Waals surface area contributed by atoms with Crippen molar-refractivity contribution in [2.75, 3.05) is 14.2 Å². The number of hydrogen-bond donors (Lipinski definition) is 1. The molecule has 0 amide bonds. The second-order valence-electron chi connectivity index (χ2n) is 5.31. The average molecular weight is 308 g/mol. The van der Waals surface area contributed by atoms with Crippen molar-refractivity contribution in [1.82, 2.24) is 15.1 Å². The van der Waals surface area contributed by atoms with E-state index in [4.69, 9.17) is 16.3 Å².